The summed E-state index contributed by atoms with van der Waals surface area (Å²) in [7, 11) is 1.78. The summed E-state index contributed by atoms with van der Waals surface area (Å²) in [6.07, 6.45) is 1.58. The molecule has 0 fully saturated rings. The second-order valence-electron chi connectivity index (χ2n) is 4.15. The highest BCUT2D eigenvalue weighted by Crippen LogP contribution is 2.15. The molecule has 1 atom stereocenters. The Kier molecular flexibility index (Phi) is 4.31. The number of nitrogen functional groups attached to an aromatic ring is 1. The van der Waals surface area contributed by atoms with Gasteiger partial charge in [0, 0.05) is 13.6 Å². The number of carbonyl (C=O) groups excluding carboxylic acids is 1. The fourth-order valence-corrected chi connectivity index (χ4v) is 1.50. The molecule has 5 nitrogen and oxygen atoms in total. The van der Waals surface area contributed by atoms with E-state index in [1.54, 1.807) is 18.1 Å². The zero-order chi connectivity index (χ0) is 13.0. The van der Waals surface area contributed by atoms with Crippen molar-refractivity contribution in [2.45, 2.75) is 26.8 Å². The van der Waals surface area contributed by atoms with Gasteiger partial charge in [-0.1, -0.05) is 0 Å². The van der Waals surface area contributed by atoms with Crippen LogP contribution in [0.1, 0.15) is 19.4 Å². The number of hydrogen-bond acceptors (Lipinski definition) is 4. The van der Waals surface area contributed by atoms with E-state index in [1.807, 2.05) is 26.8 Å². The van der Waals surface area contributed by atoms with Crippen molar-refractivity contribution in [3.05, 3.63) is 17.8 Å². The summed E-state index contributed by atoms with van der Waals surface area (Å²) in [4.78, 5) is 17.7. The minimum atomic E-state index is -0.297. The predicted octanol–water partition coefficient (Wildman–Crippen LogP) is 1.25. The van der Waals surface area contributed by atoms with Crippen molar-refractivity contribution in [2.75, 3.05) is 24.6 Å². The second-order valence-corrected chi connectivity index (χ2v) is 4.15. The van der Waals surface area contributed by atoms with E-state index in [0.29, 0.717) is 18.1 Å². The molecule has 1 heterocycles. The fraction of sp³-hybridized carbons (Fsp3) is 0.500. The molecular formula is C12H20N4O. The Morgan fingerprint density at radius 2 is 2.29 bits per heavy atom. The number of nitrogens with zero attached hydrogens (tertiary/aromatic N) is 2. The number of amides is 1. The van der Waals surface area contributed by atoms with Gasteiger partial charge in [-0.3, -0.25) is 4.79 Å². The molecule has 0 saturated carbocycles. The molecule has 0 spiro atoms. The Morgan fingerprint density at radius 3 is 2.82 bits per heavy atom. The second kappa shape index (κ2) is 5.52. The average molecular weight is 236 g/mol. The molecule has 0 aliphatic rings. The van der Waals surface area contributed by atoms with E-state index in [0.717, 1.165) is 5.56 Å². The number of aryl methyl sites for hydroxylation is 1. The van der Waals surface area contributed by atoms with Gasteiger partial charge >= 0.3 is 0 Å². The monoisotopic (exact) mass is 236 g/mol. The van der Waals surface area contributed by atoms with Crippen molar-refractivity contribution in [3.63, 3.8) is 0 Å². The first-order chi connectivity index (χ1) is 7.95. The number of anilines is 2. The Balaban J connectivity index is 2.74. The number of aromatic nitrogens is 1. The molecule has 0 bridgehead atoms. The summed E-state index contributed by atoms with van der Waals surface area (Å²) in [5.74, 6) is 0.745. The first kappa shape index (κ1) is 13.3. The van der Waals surface area contributed by atoms with Crippen LogP contribution in [0.5, 0.6) is 0 Å². The summed E-state index contributed by atoms with van der Waals surface area (Å²) in [5.41, 5.74) is 7.18. The van der Waals surface area contributed by atoms with Gasteiger partial charge in [0.05, 0.1) is 11.9 Å². The van der Waals surface area contributed by atoms with Crippen molar-refractivity contribution in [1.29, 1.82) is 0 Å². The predicted molar refractivity (Wildman–Crippen MR) is 69.8 cm³/mol. The number of nitrogens with two attached hydrogens (primary N) is 1. The standard InChI is InChI=1S/C12H20N4O/c1-5-16(4)12(17)9(3)15-11-8(2)6-10(13)7-14-11/h6-7,9H,5,13H2,1-4H3,(H,14,15). The van der Waals surface area contributed by atoms with Crippen molar-refractivity contribution in [3.8, 4) is 0 Å². The van der Waals surface area contributed by atoms with Crippen LogP contribution in [0, 0.1) is 6.92 Å². The smallest absolute Gasteiger partial charge is 0.244 e. The molecule has 0 radical (unpaired) electrons. The third kappa shape index (κ3) is 3.34. The van der Waals surface area contributed by atoms with Crippen LogP contribution >= 0.6 is 0 Å². The first-order valence-corrected chi connectivity index (χ1v) is 5.69. The fourth-order valence-electron chi connectivity index (χ4n) is 1.50. The Bertz CT molecular complexity index is 405. The molecule has 1 amide bonds. The van der Waals surface area contributed by atoms with Crippen molar-refractivity contribution in [2.24, 2.45) is 0 Å². The largest absolute Gasteiger partial charge is 0.397 e. The van der Waals surface area contributed by atoms with Crippen molar-refractivity contribution < 1.29 is 4.79 Å². The Labute approximate surface area is 102 Å². The minimum Gasteiger partial charge on any atom is -0.397 e. The maximum absolute atomic E-state index is 11.9. The van der Waals surface area contributed by atoms with Crippen molar-refractivity contribution >= 4 is 17.4 Å². The lowest BCUT2D eigenvalue weighted by Crippen LogP contribution is -2.39. The average Bonchev–Trinajstić information content (AvgIpc) is 2.30. The molecule has 94 valence electrons. The number of nitrogens with one attached hydrogen (secondary N) is 1. The molecule has 17 heavy (non-hydrogen) atoms. The SMILES string of the molecule is CCN(C)C(=O)C(C)Nc1ncc(N)cc1C. The number of hydrogen-bond donors (Lipinski definition) is 2. The number of rotatable bonds is 4. The summed E-state index contributed by atoms with van der Waals surface area (Å²) in [6.45, 7) is 6.37. The van der Waals surface area contributed by atoms with Crippen LogP contribution in [-0.4, -0.2) is 35.4 Å². The molecule has 3 N–H and O–H groups in total. The molecular weight excluding hydrogens is 216 g/mol. The molecule has 1 aromatic rings. The maximum atomic E-state index is 11.9. The normalized spacial score (nSPS) is 12.0. The van der Waals surface area contributed by atoms with E-state index in [2.05, 4.69) is 10.3 Å². The van der Waals surface area contributed by atoms with Gasteiger partial charge < -0.3 is 16.0 Å². The first-order valence-electron chi connectivity index (χ1n) is 5.69. The van der Waals surface area contributed by atoms with Gasteiger partial charge in [-0.2, -0.15) is 0 Å². The molecule has 1 unspecified atom stereocenters. The summed E-state index contributed by atoms with van der Waals surface area (Å²) in [6, 6.07) is 1.53. The van der Waals surface area contributed by atoms with Gasteiger partial charge in [-0.25, -0.2) is 4.98 Å². The number of carbonyl (C=O) groups is 1. The molecule has 0 aromatic carbocycles. The van der Waals surface area contributed by atoms with Crippen LogP contribution in [0.4, 0.5) is 11.5 Å². The van der Waals surface area contributed by atoms with E-state index >= 15 is 0 Å². The molecule has 5 heteroatoms. The molecule has 0 aliphatic heterocycles. The number of likely N-dealkylation sites (N-methyl/N-ethyl adjacent to an activating group) is 1. The number of pyridine rings is 1. The summed E-state index contributed by atoms with van der Waals surface area (Å²) >= 11 is 0. The molecule has 0 aliphatic carbocycles. The molecule has 0 saturated heterocycles. The van der Waals surface area contributed by atoms with Crippen LogP contribution in [-0.2, 0) is 4.79 Å². The van der Waals surface area contributed by atoms with Gasteiger partial charge in [0.25, 0.3) is 0 Å². The Hall–Kier alpha value is -1.78. The third-order valence-electron chi connectivity index (χ3n) is 2.67. The van der Waals surface area contributed by atoms with Crippen molar-refractivity contribution in [1.82, 2.24) is 9.88 Å². The summed E-state index contributed by atoms with van der Waals surface area (Å²) in [5, 5.41) is 3.09. The zero-order valence-corrected chi connectivity index (χ0v) is 10.8. The highest BCUT2D eigenvalue weighted by Gasteiger charge is 2.17. The van der Waals surface area contributed by atoms with Gasteiger partial charge in [0.15, 0.2) is 0 Å². The van der Waals surface area contributed by atoms with E-state index in [4.69, 9.17) is 5.73 Å². The van der Waals surface area contributed by atoms with Crippen LogP contribution in [0.2, 0.25) is 0 Å². The van der Waals surface area contributed by atoms with Crippen LogP contribution < -0.4 is 11.1 Å². The summed E-state index contributed by atoms with van der Waals surface area (Å²) < 4.78 is 0. The van der Waals surface area contributed by atoms with Gasteiger partial charge in [0.2, 0.25) is 5.91 Å². The Morgan fingerprint density at radius 1 is 1.65 bits per heavy atom. The lowest BCUT2D eigenvalue weighted by atomic mass is 10.2. The van der Waals surface area contributed by atoms with E-state index in [1.165, 1.54) is 0 Å². The quantitative estimate of drug-likeness (QED) is 0.825. The lowest BCUT2D eigenvalue weighted by molar-refractivity contribution is -0.130. The zero-order valence-electron chi connectivity index (χ0n) is 10.8. The highest BCUT2D eigenvalue weighted by molar-refractivity contribution is 5.84. The van der Waals surface area contributed by atoms with Gasteiger partial charge in [-0.15, -0.1) is 0 Å². The van der Waals surface area contributed by atoms with Crippen LogP contribution in [0.25, 0.3) is 0 Å². The topological polar surface area (TPSA) is 71.2 Å². The van der Waals surface area contributed by atoms with Gasteiger partial charge in [-0.05, 0) is 32.4 Å². The van der Waals surface area contributed by atoms with Gasteiger partial charge in [0.1, 0.15) is 11.9 Å². The van der Waals surface area contributed by atoms with E-state index in [-0.39, 0.29) is 11.9 Å². The van der Waals surface area contributed by atoms with Crippen LogP contribution in [0.3, 0.4) is 0 Å². The maximum Gasteiger partial charge on any atom is 0.244 e. The highest BCUT2D eigenvalue weighted by atomic mass is 16.2. The van der Waals surface area contributed by atoms with Crippen LogP contribution in [0.15, 0.2) is 12.3 Å². The van der Waals surface area contributed by atoms with E-state index in [9.17, 15) is 4.79 Å². The minimum absolute atomic E-state index is 0.0468. The van der Waals surface area contributed by atoms with E-state index < -0.39 is 0 Å². The third-order valence-corrected chi connectivity index (χ3v) is 2.67. The lowest BCUT2D eigenvalue weighted by Gasteiger charge is -2.21. The molecule has 1 aromatic heterocycles. The molecule has 1 rings (SSSR count).